The molecule has 0 unspecified atom stereocenters. The van der Waals surface area contributed by atoms with E-state index in [4.69, 9.17) is 5.73 Å². The predicted molar refractivity (Wildman–Crippen MR) is 36.2 cm³/mol. The average molecular weight is 154 g/mol. The van der Waals surface area contributed by atoms with Gasteiger partial charge in [0.2, 0.25) is 5.95 Å². The zero-order valence-corrected chi connectivity index (χ0v) is 5.48. The first-order valence-corrected chi connectivity index (χ1v) is 2.72. The van der Waals surface area contributed by atoms with Gasteiger partial charge in [0.05, 0.1) is 0 Å². The zero-order valence-electron chi connectivity index (χ0n) is 5.48. The first kappa shape index (κ1) is 7.19. The molecule has 2 amide bonds. The molecule has 0 saturated carbocycles. The number of urea groups is 1. The second-order valence-corrected chi connectivity index (χ2v) is 1.58. The Morgan fingerprint density at radius 3 is 2.64 bits per heavy atom. The third-order valence-corrected chi connectivity index (χ3v) is 0.791. The summed E-state index contributed by atoms with van der Waals surface area (Å²) >= 11 is 0. The highest BCUT2D eigenvalue weighted by Gasteiger charge is 1.92. The summed E-state index contributed by atoms with van der Waals surface area (Å²) in [6.07, 6.45) is 2.58. The van der Waals surface area contributed by atoms with Crippen LogP contribution in [0.4, 0.5) is 10.7 Å². The van der Waals surface area contributed by atoms with Gasteiger partial charge in [0.1, 0.15) is 12.7 Å². The maximum absolute atomic E-state index is 10.2. The van der Waals surface area contributed by atoms with E-state index in [0.717, 1.165) is 0 Å². The molecule has 1 aromatic rings. The normalized spacial score (nSPS) is 8.73. The van der Waals surface area contributed by atoms with Crippen LogP contribution in [-0.4, -0.2) is 21.0 Å². The molecule has 4 N–H and O–H groups in total. The molecular formula is C4H6N6O. The number of primary amides is 1. The van der Waals surface area contributed by atoms with Crippen molar-refractivity contribution >= 4 is 12.0 Å². The second kappa shape index (κ2) is 3.30. The van der Waals surface area contributed by atoms with Gasteiger partial charge in [-0.15, -0.1) is 0 Å². The van der Waals surface area contributed by atoms with Crippen LogP contribution in [-0.2, 0) is 0 Å². The topological polar surface area (TPSA) is 106 Å². The third-order valence-electron chi connectivity index (χ3n) is 0.791. The number of hydrogen-bond acceptors (Lipinski definition) is 5. The number of anilines is 1. The van der Waals surface area contributed by atoms with Gasteiger partial charge >= 0.3 is 6.03 Å². The van der Waals surface area contributed by atoms with Gasteiger partial charge in [-0.25, -0.2) is 15.2 Å². The molecule has 58 valence electrons. The highest BCUT2D eigenvalue weighted by Crippen LogP contribution is 1.86. The van der Waals surface area contributed by atoms with E-state index in [2.05, 4.69) is 25.8 Å². The molecule has 0 radical (unpaired) electrons. The summed E-state index contributed by atoms with van der Waals surface area (Å²) in [6, 6.07) is -0.703. The van der Waals surface area contributed by atoms with Crippen LogP contribution in [0.15, 0.2) is 12.7 Å². The van der Waals surface area contributed by atoms with Crippen molar-refractivity contribution in [1.82, 2.24) is 20.4 Å². The molecule has 0 spiro atoms. The fourth-order valence-corrected chi connectivity index (χ4v) is 0.421. The Labute approximate surface area is 62.0 Å². The van der Waals surface area contributed by atoms with E-state index in [-0.39, 0.29) is 5.95 Å². The van der Waals surface area contributed by atoms with Crippen molar-refractivity contribution in [3.8, 4) is 0 Å². The molecule has 1 aromatic heterocycles. The lowest BCUT2D eigenvalue weighted by molar-refractivity contribution is 0.250. The highest BCUT2D eigenvalue weighted by molar-refractivity contribution is 5.72. The van der Waals surface area contributed by atoms with Gasteiger partial charge in [-0.05, 0) is 0 Å². The molecule has 1 rings (SSSR count). The van der Waals surface area contributed by atoms with Gasteiger partial charge in [-0.3, -0.25) is 5.43 Å². The van der Waals surface area contributed by atoms with E-state index in [0.29, 0.717) is 0 Å². The minimum atomic E-state index is -0.703. The molecule has 0 aliphatic carbocycles. The van der Waals surface area contributed by atoms with E-state index < -0.39 is 6.03 Å². The van der Waals surface area contributed by atoms with Gasteiger partial charge in [0.25, 0.3) is 0 Å². The molecule has 0 bridgehead atoms. The van der Waals surface area contributed by atoms with E-state index in [1.807, 2.05) is 0 Å². The molecule has 11 heavy (non-hydrogen) atoms. The van der Waals surface area contributed by atoms with Crippen LogP contribution in [0.1, 0.15) is 0 Å². The van der Waals surface area contributed by atoms with Crippen molar-refractivity contribution in [2.24, 2.45) is 5.73 Å². The first-order chi connectivity index (χ1) is 5.29. The van der Waals surface area contributed by atoms with Crippen LogP contribution in [0.2, 0.25) is 0 Å². The molecule has 1 heterocycles. The summed E-state index contributed by atoms with van der Waals surface area (Å²) in [5.74, 6) is 0.235. The van der Waals surface area contributed by atoms with Crippen LogP contribution >= 0.6 is 0 Å². The van der Waals surface area contributed by atoms with Crippen LogP contribution in [0.5, 0.6) is 0 Å². The maximum atomic E-state index is 10.2. The maximum Gasteiger partial charge on any atom is 0.330 e. The summed E-state index contributed by atoms with van der Waals surface area (Å²) in [7, 11) is 0. The van der Waals surface area contributed by atoms with E-state index in [1.165, 1.54) is 12.7 Å². The number of nitrogens with one attached hydrogen (secondary N) is 2. The van der Waals surface area contributed by atoms with Gasteiger partial charge in [0.15, 0.2) is 0 Å². The molecule has 0 aromatic carbocycles. The summed E-state index contributed by atoms with van der Waals surface area (Å²) in [5.41, 5.74) is 9.21. The second-order valence-electron chi connectivity index (χ2n) is 1.58. The number of nitrogens with two attached hydrogens (primary N) is 1. The Hall–Kier alpha value is -1.92. The average Bonchev–Trinajstić information content (AvgIpc) is 2.03. The number of hydrogen-bond donors (Lipinski definition) is 3. The van der Waals surface area contributed by atoms with Crippen molar-refractivity contribution in [3.63, 3.8) is 0 Å². The Morgan fingerprint density at radius 1 is 1.45 bits per heavy atom. The van der Waals surface area contributed by atoms with Crippen LogP contribution in [0.3, 0.4) is 0 Å². The molecular weight excluding hydrogens is 148 g/mol. The number of carbonyl (C=O) groups is 1. The van der Waals surface area contributed by atoms with Crippen molar-refractivity contribution in [3.05, 3.63) is 12.7 Å². The van der Waals surface area contributed by atoms with Gasteiger partial charge < -0.3 is 5.73 Å². The quantitative estimate of drug-likeness (QED) is 0.467. The number of hydrazine groups is 1. The Balaban J connectivity index is 2.45. The number of amides is 2. The monoisotopic (exact) mass is 154 g/mol. The van der Waals surface area contributed by atoms with Gasteiger partial charge in [0, 0.05) is 0 Å². The number of nitrogens with zero attached hydrogens (tertiary/aromatic N) is 3. The molecule has 0 fully saturated rings. The summed E-state index contributed by atoms with van der Waals surface area (Å²) in [6.45, 7) is 0. The van der Waals surface area contributed by atoms with Crippen molar-refractivity contribution in [2.45, 2.75) is 0 Å². The smallest absolute Gasteiger partial charge is 0.330 e. The predicted octanol–water partition coefficient (Wildman–Crippen LogP) is -1.13. The van der Waals surface area contributed by atoms with Gasteiger partial charge in [-0.2, -0.15) is 9.97 Å². The lowest BCUT2D eigenvalue weighted by Crippen LogP contribution is -2.34. The molecule has 0 aliphatic rings. The van der Waals surface area contributed by atoms with Crippen molar-refractivity contribution < 1.29 is 4.79 Å². The molecule has 7 heteroatoms. The number of aromatic nitrogens is 3. The van der Waals surface area contributed by atoms with E-state index >= 15 is 0 Å². The lowest BCUT2D eigenvalue weighted by Gasteiger charge is -2.01. The number of rotatable bonds is 2. The van der Waals surface area contributed by atoms with Crippen LogP contribution in [0, 0.1) is 0 Å². The Morgan fingerprint density at radius 2 is 2.09 bits per heavy atom. The Kier molecular flexibility index (Phi) is 2.16. The fourth-order valence-electron chi connectivity index (χ4n) is 0.421. The summed E-state index contributed by atoms with van der Waals surface area (Å²) in [4.78, 5) is 21.0. The number of carbonyl (C=O) groups excluding carboxylic acids is 1. The fraction of sp³-hybridized carbons (Fsp3) is 0. The largest absolute Gasteiger partial charge is 0.350 e. The van der Waals surface area contributed by atoms with Crippen molar-refractivity contribution in [2.75, 3.05) is 5.43 Å². The zero-order chi connectivity index (χ0) is 8.10. The van der Waals surface area contributed by atoms with E-state index in [1.54, 1.807) is 0 Å². The molecule has 0 saturated heterocycles. The van der Waals surface area contributed by atoms with Crippen LogP contribution in [0.25, 0.3) is 0 Å². The summed E-state index contributed by atoms with van der Waals surface area (Å²) < 4.78 is 0. The minimum Gasteiger partial charge on any atom is -0.350 e. The first-order valence-electron chi connectivity index (χ1n) is 2.72. The van der Waals surface area contributed by atoms with Gasteiger partial charge in [-0.1, -0.05) is 0 Å². The SMILES string of the molecule is NC(=O)NNc1ncncn1. The minimum absolute atomic E-state index is 0.235. The summed E-state index contributed by atoms with van der Waals surface area (Å²) in [5, 5.41) is 0. The Bertz CT molecular complexity index is 236. The standard InChI is InChI=1S/C4H6N6O/c5-3(11)9-10-4-7-1-6-2-8-4/h1-2H,(H3,5,9,11)(H,6,7,8,10). The molecule has 0 aliphatic heterocycles. The van der Waals surface area contributed by atoms with Crippen molar-refractivity contribution in [1.29, 1.82) is 0 Å². The molecule has 7 nitrogen and oxygen atoms in total. The molecule has 0 atom stereocenters. The lowest BCUT2D eigenvalue weighted by atomic mass is 10.9. The van der Waals surface area contributed by atoms with Crippen LogP contribution < -0.4 is 16.6 Å². The van der Waals surface area contributed by atoms with E-state index in [9.17, 15) is 4.79 Å². The third kappa shape index (κ3) is 2.43. The highest BCUT2D eigenvalue weighted by atomic mass is 16.2.